The second-order valence-electron chi connectivity index (χ2n) is 7.90. The van der Waals surface area contributed by atoms with Crippen molar-refractivity contribution in [1.82, 2.24) is 4.90 Å². The van der Waals surface area contributed by atoms with Gasteiger partial charge in [-0.15, -0.1) is 0 Å². The van der Waals surface area contributed by atoms with Gasteiger partial charge in [-0.1, -0.05) is 12.1 Å². The van der Waals surface area contributed by atoms with Crippen LogP contribution >= 0.6 is 0 Å². The van der Waals surface area contributed by atoms with E-state index in [1.165, 1.54) is 6.08 Å². The second kappa shape index (κ2) is 10.7. The molecule has 2 aromatic carbocycles. The summed E-state index contributed by atoms with van der Waals surface area (Å²) in [4.78, 5) is 27.7. The van der Waals surface area contributed by atoms with Crippen LogP contribution in [-0.2, 0) is 16.1 Å². The molecule has 0 atom stereocenters. The van der Waals surface area contributed by atoms with Gasteiger partial charge in [-0.3, -0.25) is 9.59 Å². The molecule has 170 valence electrons. The van der Waals surface area contributed by atoms with E-state index >= 15 is 0 Å². The quantitative estimate of drug-likeness (QED) is 0.634. The molecule has 0 saturated carbocycles. The lowest BCUT2D eigenvalue weighted by Crippen LogP contribution is -2.36. The monoisotopic (exact) mass is 438 g/mol. The Morgan fingerprint density at radius 3 is 2.53 bits per heavy atom. The number of methoxy groups -OCH3 is 2. The molecule has 7 heteroatoms. The van der Waals surface area contributed by atoms with E-state index in [1.807, 2.05) is 24.3 Å². The number of carbonyl (C=O) groups excluding carboxylic acids is 1. The predicted octanol–water partition coefficient (Wildman–Crippen LogP) is 3.68. The van der Waals surface area contributed by atoms with Gasteiger partial charge in [0.1, 0.15) is 11.5 Å². The fraction of sp³-hybridized carbons (Fsp3) is 0.360. The van der Waals surface area contributed by atoms with Gasteiger partial charge >= 0.3 is 5.97 Å². The molecule has 0 unspecified atom stereocenters. The van der Waals surface area contributed by atoms with E-state index in [0.717, 1.165) is 29.9 Å². The highest BCUT2D eigenvalue weighted by atomic mass is 16.5. The van der Waals surface area contributed by atoms with Crippen LogP contribution in [0, 0.1) is 5.92 Å². The van der Waals surface area contributed by atoms with E-state index in [2.05, 4.69) is 11.0 Å². The topological polar surface area (TPSA) is 79.3 Å². The van der Waals surface area contributed by atoms with Crippen LogP contribution in [-0.4, -0.2) is 56.2 Å². The minimum atomic E-state index is -0.710. The third kappa shape index (κ3) is 5.81. The zero-order valence-corrected chi connectivity index (χ0v) is 18.8. The summed E-state index contributed by atoms with van der Waals surface area (Å²) in [7, 11) is 4.95. The van der Waals surface area contributed by atoms with Crippen LogP contribution in [0.15, 0.2) is 48.5 Å². The van der Waals surface area contributed by atoms with Gasteiger partial charge in [-0.25, -0.2) is 0 Å². The molecule has 1 saturated heterocycles. The smallest absolute Gasteiger partial charge is 0.306 e. The number of nitrogens with zero attached hydrogens (tertiary/aromatic N) is 2. The Bertz CT molecular complexity index is 980. The number of carboxylic acid groups (broad SMARTS) is 1. The molecule has 1 fully saturated rings. The van der Waals surface area contributed by atoms with Crippen LogP contribution in [0.25, 0.3) is 6.08 Å². The van der Waals surface area contributed by atoms with Gasteiger partial charge < -0.3 is 24.4 Å². The number of amides is 1. The largest absolute Gasteiger partial charge is 0.497 e. The first-order chi connectivity index (χ1) is 15.4. The van der Waals surface area contributed by atoms with Crippen LogP contribution in [0.2, 0.25) is 0 Å². The van der Waals surface area contributed by atoms with E-state index in [4.69, 9.17) is 9.47 Å². The van der Waals surface area contributed by atoms with Crippen molar-refractivity contribution in [3.05, 3.63) is 59.7 Å². The Labute approximate surface area is 188 Å². The molecule has 1 heterocycles. The van der Waals surface area contributed by atoms with E-state index in [1.54, 1.807) is 44.4 Å². The lowest BCUT2D eigenvalue weighted by atomic mass is 9.96. The highest BCUT2D eigenvalue weighted by molar-refractivity contribution is 5.92. The van der Waals surface area contributed by atoms with Crippen molar-refractivity contribution in [3.8, 4) is 11.5 Å². The second-order valence-corrected chi connectivity index (χ2v) is 7.90. The maximum atomic E-state index is 12.7. The zero-order valence-electron chi connectivity index (χ0n) is 18.8. The van der Waals surface area contributed by atoms with Gasteiger partial charge in [0.2, 0.25) is 5.91 Å². The van der Waals surface area contributed by atoms with Gasteiger partial charge in [0.05, 0.1) is 20.1 Å². The van der Waals surface area contributed by atoms with E-state index in [-0.39, 0.29) is 11.8 Å². The molecule has 0 radical (unpaired) electrons. The summed E-state index contributed by atoms with van der Waals surface area (Å²) < 4.78 is 10.6. The third-order valence-corrected chi connectivity index (χ3v) is 5.76. The van der Waals surface area contributed by atoms with Gasteiger partial charge in [-0.2, -0.15) is 0 Å². The maximum Gasteiger partial charge on any atom is 0.306 e. The van der Waals surface area contributed by atoms with Crippen molar-refractivity contribution >= 4 is 23.6 Å². The minimum absolute atomic E-state index is 0.123. The zero-order chi connectivity index (χ0) is 23.1. The fourth-order valence-corrected chi connectivity index (χ4v) is 3.85. The molecule has 0 aliphatic carbocycles. The van der Waals surface area contributed by atoms with Gasteiger partial charge in [0, 0.05) is 44.0 Å². The molecular formula is C25H30N2O5. The average Bonchev–Trinajstić information content (AvgIpc) is 2.82. The summed E-state index contributed by atoms with van der Waals surface area (Å²) >= 11 is 0. The number of piperidine rings is 1. The fourth-order valence-electron chi connectivity index (χ4n) is 3.85. The first-order valence-corrected chi connectivity index (χ1v) is 10.6. The molecule has 1 aliphatic rings. The Kier molecular flexibility index (Phi) is 7.76. The van der Waals surface area contributed by atoms with Crippen molar-refractivity contribution in [3.63, 3.8) is 0 Å². The van der Waals surface area contributed by atoms with Gasteiger partial charge in [-0.05, 0) is 54.8 Å². The molecule has 1 N–H and O–H groups in total. The molecule has 0 spiro atoms. The molecule has 1 aliphatic heterocycles. The Hall–Kier alpha value is -3.48. The molecule has 1 amide bonds. The van der Waals surface area contributed by atoms with Gasteiger partial charge in [0.25, 0.3) is 0 Å². The Morgan fingerprint density at radius 1 is 1.12 bits per heavy atom. The average molecular weight is 439 g/mol. The lowest BCUT2D eigenvalue weighted by molar-refractivity contribution is -0.142. The number of carbonyl (C=O) groups is 2. The molecule has 2 aromatic rings. The van der Waals surface area contributed by atoms with Crippen LogP contribution in [0.3, 0.4) is 0 Å². The van der Waals surface area contributed by atoms with Crippen molar-refractivity contribution in [2.75, 3.05) is 39.3 Å². The number of ether oxygens (including phenoxy) is 2. The standard InChI is InChI=1S/C25H30N2O5/c1-26(24(28)10-7-20-16-22(31-2)8-9-23(20)32-3)17-18-5-4-6-21(15-18)27-13-11-19(12-14-27)25(29)30/h4-10,15-16,19H,11-14,17H2,1-3H3,(H,29,30)/b10-7+. The highest BCUT2D eigenvalue weighted by Crippen LogP contribution is 2.26. The number of hydrogen-bond donors (Lipinski definition) is 1. The van der Waals surface area contributed by atoms with Gasteiger partial charge in [0.15, 0.2) is 0 Å². The number of aliphatic carboxylic acids is 1. The predicted molar refractivity (Wildman–Crippen MR) is 124 cm³/mol. The number of benzene rings is 2. The summed E-state index contributed by atoms with van der Waals surface area (Å²) in [6, 6.07) is 13.5. The molecule has 0 bridgehead atoms. The third-order valence-electron chi connectivity index (χ3n) is 5.76. The van der Waals surface area contributed by atoms with Crippen molar-refractivity contribution < 1.29 is 24.2 Å². The molecular weight excluding hydrogens is 408 g/mol. The normalized spacial score (nSPS) is 14.4. The Morgan fingerprint density at radius 2 is 1.88 bits per heavy atom. The van der Waals surface area contributed by atoms with E-state index in [9.17, 15) is 14.7 Å². The molecule has 32 heavy (non-hydrogen) atoms. The van der Waals surface area contributed by atoms with Crippen LogP contribution < -0.4 is 14.4 Å². The summed E-state index contributed by atoms with van der Waals surface area (Å²) in [6.45, 7) is 1.92. The molecule has 7 nitrogen and oxygen atoms in total. The lowest BCUT2D eigenvalue weighted by Gasteiger charge is -2.32. The SMILES string of the molecule is COc1ccc(OC)c(/C=C/C(=O)N(C)Cc2cccc(N3CCC(C(=O)O)CC3)c2)c1. The number of rotatable bonds is 8. The summed E-state index contributed by atoms with van der Waals surface area (Å²) in [5.41, 5.74) is 2.84. The number of hydrogen-bond acceptors (Lipinski definition) is 5. The first-order valence-electron chi connectivity index (χ1n) is 10.6. The van der Waals surface area contributed by atoms with Crippen molar-refractivity contribution in [2.45, 2.75) is 19.4 Å². The minimum Gasteiger partial charge on any atom is -0.497 e. The number of likely N-dealkylation sites (N-methyl/N-ethyl adjacent to an activating group) is 1. The molecule has 0 aromatic heterocycles. The van der Waals surface area contributed by atoms with Crippen molar-refractivity contribution in [1.29, 1.82) is 0 Å². The van der Waals surface area contributed by atoms with Crippen LogP contribution in [0.5, 0.6) is 11.5 Å². The summed E-state index contributed by atoms with van der Waals surface area (Å²) in [5, 5.41) is 9.19. The summed E-state index contributed by atoms with van der Waals surface area (Å²) in [5.74, 6) is 0.265. The summed E-state index contributed by atoms with van der Waals surface area (Å²) in [6.07, 6.45) is 4.55. The van der Waals surface area contributed by atoms with E-state index < -0.39 is 5.97 Å². The van der Waals surface area contributed by atoms with Crippen molar-refractivity contribution in [2.24, 2.45) is 5.92 Å². The number of carboxylic acids is 1. The molecule has 3 rings (SSSR count). The number of anilines is 1. The first kappa shape index (κ1) is 23.2. The Balaban J connectivity index is 1.63. The highest BCUT2D eigenvalue weighted by Gasteiger charge is 2.24. The van der Waals surface area contributed by atoms with Crippen LogP contribution in [0.4, 0.5) is 5.69 Å². The van der Waals surface area contributed by atoms with E-state index in [0.29, 0.717) is 30.9 Å². The maximum absolute atomic E-state index is 12.7. The van der Waals surface area contributed by atoms with Crippen LogP contribution in [0.1, 0.15) is 24.0 Å².